The molecule has 0 radical (unpaired) electrons. The van der Waals surface area contributed by atoms with Gasteiger partial charge in [-0.25, -0.2) is 4.57 Å². The number of fused-ring (bicyclic) bond motifs is 9. The Morgan fingerprint density at radius 2 is 1.69 bits per heavy atom. The standard InChI is InChI=1S/C64H92NO11P/c1-11-29-64(71-10)31-28-53-50-22-18-44-36-47(66)21-23-49(44)59(50)51(40-63(53,64)14-4)43-16-19-46(20-17-43)65(8)32-35-72-48-27-30-61(6)45(37-48)38-56(73-41-76-77(69,74-33-12-2)75-34-13-3)60-54-25-24-52(42(5)15-26-58(68)70-9)62(54,7)57(67)39-55(60)61/h12-13,16-17,19-20,36,42,45,48,50-57,60,67H,2-3,14-15,18,21-28,30-35,37-41H2,1,4-10H3/t42-,45+,48+,50?,51-,52-,53?,54+,55+,56-,57+,60+,61+,62?,63+,64+/m1/s1. The van der Waals surface area contributed by atoms with Crippen molar-refractivity contribution in [3.8, 4) is 11.8 Å². The first-order chi connectivity index (χ1) is 37.0. The third kappa shape index (κ3) is 10.7. The molecule has 1 aromatic rings. The number of carbonyl (C=O) groups is 2. The molecule has 12 nitrogen and oxygen atoms in total. The molecule has 0 spiro atoms. The van der Waals surface area contributed by atoms with Gasteiger partial charge in [-0.1, -0.05) is 63.5 Å². The number of ketones is 1. The maximum atomic E-state index is 13.7. The molecule has 424 valence electrons. The van der Waals surface area contributed by atoms with Gasteiger partial charge in [-0.15, -0.1) is 19.1 Å². The zero-order valence-corrected chi connectivity index (χ0v) is 48.8. The van der Waals surface area contributed by atoms with Crippen molar-refractivity contribution in [3.05, 3.63) is 77.9 Å². The lowest BCUT2D eigenvalue weighted by Crippen LogP contribution is -2.63. The maximum absolute atomic E-state index is 13.7. The quantitative estimate of drug-likeness (QED) is 0.0389. The van der Waals surface area contributed by atoms with Crippen LogP contribution in [-0.4, -0.2) is 95.2 Å². The molecule has 1 aromatic carbocycles. The molecule has 16 atom stereocenters. The predicted octanol–water partition coefficient (Wildman–Crippen LogP) is 12.9. The highest BCUT2D eigenvalue weighted by molar-refractivity contribution is 7.48. The van der Waals surface area contributed by atoms with E-state index in [1.807, 2.05) is 20.1 Å². The van der Waals surface area contributed by atoms with Crippen molar-refractivity contribution in [1.29, 1.82) is 0 Å². The van der Waals surface area contributed by atoms with Gasteiger partial charge in [-0.2, -0.15) is 0 Å². The van der Waals surface area contributed by atoms with Gasteiger partial charge in [0.1, 0.15) is 5.60 Å². The lowest BCUT2D eigenvalue weighted by molar-refractivity contribution is -0.228. The van der Waals surface area contributed by atoms with Gasteiger partial charge in [0.2, 0.25) is 0 Å². The van der Waals surface area contributed by atoms with E-state index in [1.54, 1.807) is 5.57 Å². The molecule has 77 heavy (non-hydrogen) atoms. The number of ether oxygens (including phenoxy) is 4. The molecule has 9 rings (SSSR count). The molecule has 6 fully saturated rings. The Balaban J connectivity index is 0.891. The highest BCUT2D eigenvalue weighted by Crippen LogP contribution is 2.71. The van der Waals surface area contributed by atoms with E-state index < -0.39 is 19.5 Å². The molecule has 0 saturated heterocycles. The van der Waals surface area contributed by atoms with Crippen molar-refractivity contribution in [1.82, 2.24) is 0 Å². The topological polar surface area (TPSA) is 139 Å². The number of carbonyl (C=O) groups excluding carboxylic acids is 2. The summed E-state index contributed by atoms with van der Waals surface area (Å²) in [4.78, 5) is 27.3. The second-order valence-corrected chi connectivity index (χ2v) is 26.7. The fraction of sp³-hybridized carbons (Fsp3) is 0.719. The highest BCUT2D eigenvalue weighted by Gasteiger charge is 2.67. The molecule has 13 heteroatoms. The number of rotatable bonds is 22. The van der Waals surface area contributed by atoms with Gasteiger partial charge in [0.25, 0.3) is 0 Å². The lowest BCUT2D eigenvalue weighted by Gasteiger charge is -2.64. The predicted molar refractivity (Wildman–Crippen MR) is 301 cm³/mol. The summed E-state index contributed by atoms with van der Waals surface area (Å²) in [5.74, 6) is 9.55. The average molecular weight is 1080 g/mol. The first kappa shape index (κ1) is 58.3. The van der Waals surface area contributed by atoms with E-state index in [0.29, 0.717) is 37.7 Å². The lowest BCUT2D eigenvalue weighted by atomic mass is 9.43. The fourth-order valence-corrected chi connectivity index (χ4v) is 19.3. The van der Waals surface area contributed by atoms with Gasteiger partial charge in [0, 0.05) is 50.6 Å². The Morgan fingerprint density at radius 1 is 0.935 bits per heavy atom. The number of likely N-dealkylation sites (N-methyl/N-ethyl adjacent to an activating group) is 1. The van der Waals surface area contributed by atoms with Crippen LogP contribution < -0.4 is 4.90 Å². The number of aliphatic hydroxyl groups excluding tert-OH is 1. The second kappa shape index (κ2) is 24.0. The van der Waals surface area contributed by atoms with Crippen molar-refractivity contribution in [2.45, 2.75) is 174 Å². The minimum absolute atomic E-state index is 0.00327. The van der Waals surface area contributed by atoms with Crippen molar-refractivity contribution < 1.29 is 51.8 Å². The summed E-state index contributed by atoms with van der Waals surface area (Å²) in [7, 11) is 1.51. The maximum Gasteiger partial charge on any atom is 0.477 e. The number of allylic oxidation sites excluding steroid dienone is 4. The van der Waals surface area contributed by atoms with Gasteiger partial charge < -0.3 is 29.0 Å². The molecule has 0 aliphatic heterocycles. The van der Waals surface area contributed by atoms with E-state index in [4.69, 9.17) is 32.5 Å². The largest absolute Gasteiger partial charge is 0.477 e. The first-order valence-electron chi connectivity index (χ1n) is 29.5. The highest BCUT2D eigenvalue weighted by atomic mass is 31.2. The van der Waals surface area contributed by atoms with Crippen molar-refractivity contribution in [2.75, 3.05) is 59.3 Å². The number of phosphoric ester groups is 1. The number of anilines is 1. The number of nitrogens with zero attached hydrogens (tertiary/aromatic N) is 1. The third-order valence-corrected chi connectivity index (χ3v) is 23.4. The average Bonchev–Trinajstić information content (AvgIpc) is 4.23. The molecule has 6 saturated carbocycles. The summed E-state index contributed by atoms with van der Waals surface area (Å²) in [6.45, 7) is 19.8. The number of aliphatic hydroxyl groups is 1. The molecule has 1 N–H and O–H groups in total. The molecule has 0 amide bonds. The Morgan fingerprint density at radius 3 is 2.38 bits per heavy atom. The number of benzene rings is 1. The Labute approximate surface area is 461 Å². The Hall–Kier alpha value is -3.37. The molecular weight excluding hydrogens is 990 g/mol. The normalized spacial score (nSPS) is 37.6. The summed E-state index contributed by atoms with van der Waals surface area (Å²) in [5, 5.41) is 12.5. The first-order valence-corrected chi connectivity index (χ1v) is 31.0. The zero-order chi connectivity index (χ0) is 54.9. The van der Waals surface area contributed by atoms with E-state index in [0.717, 1.165) is 102 Å². The Bertz CT molecular complexity index is 2480. The van der Waals surface area contributed by atoms with Crippen LogP contribution in [0.1, 0.15) is 155 Å². The molecule has 0 heterocycles. The summed E-state index contributed by atoms with van der Waals surface area (Å²) in [6, 6.07) is 9.30. The summed E-state index contributed by atoms with van der Waals surface area (Å²) in [5.41, 5.74) is 5.94. The number of phosphoric acid groups is 1. The smallest absolute Gasteiger partial charge is 0.469 e. The Kier molecular flexibility index (Phi) is 18.2. The van der Waals surface area contributed by atoms with Crippen LogP contribution in [-0.2, 0) is 46.7 Å². The van der Waals surface area contributed by atoms with Crippen LogP contribution in [0.25, 0.3) is 0 Å². The van der Waals surface area contributed by atoms with Crippen molar-refractivity contribution in [3.63, 3.8) is 0 Å². The van der Waals surface area contributed by atoms with E-state index in [1.165, 1.54) is 36.0 Å². The van der Waals surface area contributed by atoms with Crippen LogP contribution in [0.5, 0.6) is 0 Å². The van der Waals surface area contributed by atoms with Gasteiger partial charge >= 0.3 is 13.8 Å². The third-order valence-electron chi connectivity index (χ3n) is 22.1. The van der Waals surface area contributed by atoms with Gasteiger partial charge in [0.15, 0.2) is 12.6 Å². The number of hydrogen-bond acceptors (Lipinski definition) is 12. The number of esters is 1. The molecular formula is C64H92NO11P. The molecule has 0 aromatic heterocycles. The van der Waals surface area contributed by atoms with Gasteiger partial charge in [-0.3, -0.25) is 23.2 Å². The SMILES string of the molecule is C=CCOP(=O)(OCC=C)OCO[C@@H]1C[C@@H]2C[C@@H](OCCN(C)c3ccc([C@H]4C[C@@]5(CC)C(CC[C@]5(C#CC)OC)C5CCC6=CC(=O)CCC6=C54)cc3)CC[C@]2(C)[C@H]2C[C@H](O)C3(C)[C@@H]([C@H](C)CCC(=O)OC)CC[C@H]3[C@H]12. The fourth-order valence-electron chi connectivity index (χ4n) is 18.3. The molecule has 0 bridgehead atoms. The van der Waals surface area contributed by atoms with Gasteiger partial charge in [0.05, 0.1) is 45.2 Å². The van der Waals surface area contributed by atoms with Crippen LogP contribution in [0, 0.1) is 75.4 Å². The van der Waals surface area contributed by atoms with Crippen LogP contribution in [0.4, 0.5) is 5.69 Å². The molecule has 8 aliphatic carbocycles. The summed E-state index contributed by atoms with van der Waals surface area (Å²) < 4.78 is 55.8. The minimum atomic E-state index is -3.97. The van der Waals surface area contributed by atoms with Crippen LogP contribution in [0.15, 0.2) is 72.4 Å². The van der Waals surface area contributed by atoms with Crippen molar-refractivity contribution >= 4 is 25.3 Å². The van der Waals surface area contributed by atoms with Crippen LogP contribution in [0.3, 0.4) is 0 Å². The van der Waals surface area contributed by atoms with Crippen LogP contribution >= 0.6 is 7.82 Å². The van der Waals surface area contributed by atoms with E-state index in [9.17, 15) is 19.3 Å². The number of hydrogen-bond donors (Lipinski definition) is 1. The van der Waals surface area contributed by atoms with Crippen molar-refractivity contribution in [2.24, 2.45) is 63.6 Å². The summed E-state index contributed by atoms with van der Waals surface area (Å²) >= 11 is 0. The number of methoxy groups -OCH3 is 2. The van der Waals surface area contributed by atoms with Gasteiger partial charge in [-0.05, 0) is 196 Å². The minimum Gasteiger partial charge on any atom is -0.469 e. The van der Waals surface area contributed by atoms with E-state index in [-0.39, 0.29) is 102 Å². The molecule has 3 unspecified atom stereocenters. The second-order valence-electron chi connectivity index (χ2n) is 25.0. The van der Waals surface area contributed by atoms with E-state index >= 15 is 0 Å². The summed E-state index contributed by atoms with van der Waals surface area (Å²) in [6.07, 6.45) is 19.4. The van der Waals surface area contributed by atoms with Crippen LogP contribution in [0.2, 0.25) is 0 Å². The monoisotopic (exact) mass is 1080 g/mol. The van der Waals surface area contributed by atoms with E-state index in [2.05, 4.69) is 88.9 Å². The molecule has 8 aliphatic rings. The zero-order valence-electron chi connectivity index (χ0n) is 47.9.